The first-order valence-electron chi connectivity index (χ1n) is 8.16. The molecular formula is C18H18N2O2S2. The number of aryl methyl sites for hydroxylation is 1. The quantitative estimate of drug-likeness (QED) is 0.691. The van der Waals surface area contributed by atoms with E-state index in [1.165, 1.54) is 28.2 Å². The Kier molecular flexibility index (Phi) is 4.02. The molecule has 3 aromatic rings. The van der Waals surface area contributed by atoms with Crippen molar-refractivity contribution in [3.8, 4) is 10.4 Å². The van der Waals surface area contributed by atoms with Gasteiger partial charge in [0.1, 0.15) is 0 Å². The fourth-order valence-electron chi connectivity index (χ4n) is 3.32. The summed E-state index contributed by atoms with van der Waals surface area (Å²) in [5.74, 6) is -0.216. The number of carbonyl (C=O) groups is 1. The van der Waals surface area contributed by atoms with Crippen molar-refractivity contribution in [2.75, 3.05) is 12.3 Å². The van der Waals surface area contributed by atoms with Crippen LogP contribution in [-0.2, 0) is 17.6 Å². The van der Waals surface area contributed by atoms with Gasteiger partial charge < -0.3 is 10.5 Å². The van der Waals surface area contributed by atoms with E-state index in [0.29, 0.717) is 11.7 Å². The minimum absolute atomic E-state index is 0.216. The fraction of sp³-hybridized carbons (Fsp3) is 0.333. The van der Waals surface area contributed by atoms with Crippen LogP contribution < -0.4 is 5.73 Å². The van der Waals surface area contributed by atoms with E-state index in [1.807, 2.05) is 25.1 Å². The predicted molar refractivity (Wildman–Crippen MR) is 99.9 cm³/mol. The van der Waals surface area contributed by atoms with Crippen molar-refractivity contribution < 1.29 is 9.53 Å². The highest BCUT2D eigenvalue weighted by molar-refractivity contribution is 7.22. The summed E-state index contributed by atoms with van der Waals surface area (Å²) in [6.07, 6.45) is 4.31. The molecule has 2 aromatic heterocycles. The molecule has 0 saturated heterocycles. The molecule has 0 fully saturated rings. The Balaban J connectivity index is 1.96. The van der Waals surface area contributed by atoms with Gasteiger partial charge in [0.2, 0.25) is 0 Å². The normalized spacial score (nSPS) is 13.9. The Hall–Kier alpha value is -1.92. The van der Waals surface area contributed by atoms with Gasteiger partial charge in [0.05, 0.1) is 27.3 Å². The van der Waals surface area contributed by atoms with Crippen LogP contribution in [0.15, 0.2) is 18.2 Å². The topological polar surface area (TPSA) is 65.2 Å². The number of aromatic nitrogens is 1. The summed E-state index contributed by atoms with van der Waals surface area (Å²) >= 11 is 3.19. The second-order valence-corrected chi connectivity index (χ2v) is 8.01. The molecule has 0 aliphatic heterocycles. The second-order valence-electron chi connectivity index (χ2n) is 5.84. The third-order valence-electron chi connectivity index (χ3n) is 4.33. The van der Waals surface area contributed by atoms with Crippen molar-refractivity contribution in [3.05, 3.63) is 34.2 Å². The first-order chi connectivity index (χ1) is 11.7. The number of hydrogen-bond donors (Lipinski definition) is 1. The van der Waals surface area contributed by atoms with Crippen LogP contribution in [0.2, 0.25) is 0 Å². The van der Waals surface area contributed by atoms with Crippen molar-refractivity contribution in [3.63, 3.8) is 0 Å². The zero-order valence-electron chi connectivity index (χ0n) is 13.4. The maximum Gasteiger partial charge on any atom is 0.339 e. The molecule has 2 heterocycles. The first-order valence-corrected chi connectivity index (χ1v) is 9.79. The standard InChI is InChI=1S/C18H18N2O2S2/c1-2-22-17(21)14-10-6-3-4-8-12(10)23-16(14)11-7-5-9-13-15(11)20-18(19)24-13/h5,7,9H,2-4,6,8H2,1H3,(H2,19,20). The summed E-state index contributed by atoms with van der Waals surface area (Å²) in [7, 11) is 0. The largest absolute Gasteiger partial charge is 0.462 e. The molecule has 0 atom stereocenters. The molecule has 4 nitrogen and oxygen atoms in total. The summed E-state index contributed by atoms with van der Waals surface area (Å²) in [6, 6.07) is 6.05. The van der Waals surface area contributed by atoms with Crippen LogP contribution in [0.1, 0.15) is 40.6 Å². The molecule has 1 aliphatic carbocycles. The van der Waals surface area contributed by atoms with Crippen LogP contribution >= 0.6 is 22.7 Å². The number of nitrogens with two attached hydrogens (primary N) is 1. The molecule has 2 N–H and O–H groups in total. The number of fused-ring (bicyclic) bond motifs is 2. The van der Waals surface area contributed by atoms with Crippen LogP contribution in [0.25, 0.3) is 20.7 Å². The maximum atomic E-state index is 12.7. The number of rotatable bonds is 3. The molecule has 1 aliphatic rings. The molecule has 6 heteroatoms. The molecule has 0 bridgehead atoms. The van der Waals surface area contributed by atoms with Gasteiger partial charge in [0.15, 0.2) is 5.13 Å². The number of ether oxygens (including phenoxy) is 1. The minimum atomic E-state index is -0.216. The van der Waals surface area contributed by atoms with Gasteiger partial charge in [-0.25, -0.2) is 9.78 Å². The minimum Gasteiger partial charge on any atom is -0.462 e. The smallest absolute Gasteiger partial charge is 0.339 e. The first kappa shape index (κ1) is 15.6. The summed E-state index contributed by atoms with van der Waals surface area (Å²) in [6.45, 7) is 2.23. The molecule has 0 amide bonds. The van der Waals surface area contributed by atoms with Crippen molar-refractivity contribution in [1.82, 2.24) is 4.98 Å². The number of carbonyl (C=O) groups excluding carboxylic acids is 1. The van der Waals surface area contributed by atoms with Crippen LogP contribution in [0.5, 0.6) is 0 Å². The Morgan fingerprint density at radius 2 is 2.12 bits per heavy atom. The van der Waals surface area contributed by atoms with Crippen molar-refractivity contribution in [2.45, 2.75) is 32.6 Å². The molecular weight excluding hydrogens is 340 g/mol. The summed E-state index contributed by atoms with van der Waals surface area (Å²) in [4.78, 5) is 19.4. The van der Waals surface area contributed by atoms with E-state index in [0.717, 1.165) is 45.5 Å². The molecule has 124 valence electrons. The number of anilines is 1. The van der Waals surface area contributed by atoms with Gasteiger partial charge in [-0.05, 0) is 44.2 Å². The van der Waals surface area contributed by atoms with E-state index in [1.54, 1.807) is 11.3 Å². The lowest BCUT2D eigenvalue weighted by Gasteiger charge is -2.12. The van der Waals surface area contributed by atoms with Crippen LogP contribution in [0.3, 0.4) is 0 Å². The third kappa shape index (κ3) is 2.50. The number of nitrogen functional groups attached to an aromatic ring is 1. The van der Waals surface area contributed by atoms with Crippen LogP contribution in [0.4, 0.5) is 5.13 Å². The van der Waals surface area contributed by atoms with Crippen molar-refractivity contribution >= 4 is 44.0 Å². The lowest BCUT2D eigenvalue weighted by atomic mass is 9.93. The van der Waals surface area contributed by atoms with E-state index in [4.69, 9.17) is 10.5 Å². The molecule has 1 aromatic carbocycles. The number of esters is 1. The Bertz CT molecular complexity index is 927. The Morgan fingerprint density at radius 1 is 1.29 bits per heavy atom. The predicted octanol–water partition coefficient (Wildman–Crippen LogP) is 4.66. The highest BCUT2D eigenvalue weighted by Gasteiger charge is 2.28. The average molecular weight is 358 g/mol. The molecule has 0 saturated carbocycles. The number of thiazole rings is 1. The number of benzene rings is 1. The number of para-hydroxylation sites is 1. The van der Waals surface area contributed by atoms with Crippen molar-refractivity contribution in [1.29, 1.82) is 0 Å². The molecule has 4 rings (SSSR count). The number of hydrogen-bond acceptors (Lipinski definition) is 6. The molecule has 0 radical (unpaired) electrons. The second kappa shape index (κ2) is 6.18. The monoisotopic (exact) mass is 358 g/mol. The van der Waals surface area contributed by atoms with Gasteiger partial charge in [-0.15, -0.1) is 11.3 Å². The molecule has 0 unspecified atom stereocenters. The maximum absolute atomic E-state index is 12.7. The highest BCUT2D eigenvalue weighted by atomic mass is 32.1. The van der Waals surface area contributed by atoms with Crippen LogP contribution in [0, 0.1) is 0 Å². The SMILES string of the molecule is CCOC(=O)c1c(-c2cccc3sc(N)nc23)sc2c1CCCC2. The molecule has 24 heavy (non-hydrogen) atoms. The lowest BCUT2D eigenvalue weighted by molar-refractivity contribution is 0.0526. The van der Waals surface area contributed by atoms with E-state index >= 15 is 0 Å². The van der Waals surface area contributed by atoms with E-state index in [9.17, 15) is 4.79 Å². The van der Waals surface area contributed by atoms with Gasteiger partial charge in [-0.3, -0.25) is 0 Å². The van der Waals surface area contributed by atoms with Crippen LogP contribution in [-0.4, -0.2) is 17.6 Å². The Labute approximate surface area is 148 Å². The highest BCUT2D eigenvalue weighted by Crippen LogP contribution is 2.43. The third-order valence-corrected chi connectivity index (χ3v) is 6.51. The van der Waals surface area contributed by atoms with Gasteiger partial charge in [-0.1, -0.05) is 23.5 Å². The van der Waals surface area contributed by atoms with Gasteiger partial charge in [0.25, 0.3) is 0 Å². The summed E-state index contributed by atoms with van der Waals surface area (Å²) in [5, 5.41) is 0.552. The Morgan fingerprint density at radius 3 is 2.96 bits per heavy atom. The summed E-state index contributed by atoms with van der Waals surface area (Å²) in [5.41, 5.74) is 9.69. The van der Waals surface area contributed by atoms with Gasteiger partial charge in [-0.2, -0.15) is 0 Å². The zero-order valence-corrected chi connectivity index (χ0v) is 15.1. The van der Waals surface area contributed by atoms with Gasteiger partial charge in [0, 0.05) is 10.4 Å². The fourth-order valence-corrected chi connectivity index (χ4v) is 5.49. The molecule has 0 spiro atoms. The van der Waals surface area contributed by atoms with E-state index < -0.39 is 0 Å². The van der Waals surface area contributed by atoms with Crippen molar-refractivity contribution in [2.24, 2.45) is 0 Å². The zero-order chi connectivity index (χ0) is 16.7. The average Bonchev–Trinajstić information content (AvgIpc) is 3.13. The summed E-state index contributed by atoms with van der Waals surface area (Å²) < 4.78 is 6.40. The van der Waals surface area contributed by atoms with E-state index in [2.05, 4.69) is 4.98 Å². The number of thiophene rings is 1. The number of nitrogens with zero attached hydrogens (tertiary/aromatic N) is 1. The van der Waals surface area contributed by atoms with Gasteiger partial charge >= 0.3 is 5.97 Å². The lowest BCUT2D eigenvalue weighted by Crippen LogP contribution is -2.10. The van der Waals surface area contributed by atoms with E-state index in [-0.39, 0.29) is 5.97 Å².